The average molecular weight is 348 g/mol. The highest BCUT2D eigenvalue weighted by Gasteiger charge is 2.12. The number of hydrazone groups is 1. The molecule has 24 heavy (non-hydrogen) atoms. The van der Waals surface area contributed by atoms with Crippen LogP contribution in [0.1, 0.15) is 18.1 Å². The number of hydrogen-bond acceptors (Lipinski definition) is 4. The van der Waals surface area contributed by atoms with Crippen molar-refractivity contribution in [1.82, 2.24) is 5.43 Å². The van der Waals surface area contributed by atoms with Crippen LogP contribution in [-0.2, 0) is 6.61 Å². The van der Waals surface area contributed by atoms with Crippen LogP contribution < -0.4 is 20.6 Å². The summed E-state index contributed by atoms with van der Waals surface area (Å²) in [6, 6.07) is 12.4. The van der Waals surface area contributed by atoms with Gasteiger partial charge in [-0.2, -0.15) is 5.10 Å². The fourth-order valence-corrected chi connectivity index (χ4v) is 2.24. The molecule has 0 heterocycles. The van der Waals surface area contributed by atoms with Gasteiger partial charge in [0.05, 0.1) is 17.8 Å². The molecule has 2 rings (SSSR count). The summed E-state index contributed by atoms with van der Waals surface area (Å²) in [5.41, 5.74) is 8.73. The topological polar surface area (TPSA) is 85.9 Å². The van der Waals surface area contributed by atoms with Crippen LogP contribution in [0.25, 0.3) is 0 Å². The van der Waals surface area contributed by atoms with E-state index in [9.17, 15) is 4.79 Å². The van der Waals surface area contributed by atoms with Crippen molar-refractivity contribution in [2.24, 2.45) is 10.8 Å². The molecule has 126 valence electrons. The Morgan fingerprint density at radius 3 is 2.71 bits per heavy atom. The molecular weight excluding hydrogens is 330 g/mol. The molecule has 2 aromatic carbocycles. The van der Waals surface area contributed by atoms with E-state index in [4.69, 9.17) is 26.8 Å². The molecule has 6 nitrogen and oxygen atoms in total. The highest BCUT2D eigenvalue weighted by Crippen LogP contribution is 2.36. The molecule has 0 aromatic heterocycles. The van der Waals surface area contributed by atoms with Gasteiger partial charge in [-0.1, -0.05) is 41.9 Å². The third-order valence-electron chi connectivity index (χ3n) is 2.95. The lowest BCUT2D eigenvalue weighted by Crippen LogP contribution is -2.24. The molecule has 7 heteroatoms. The lowest BCUT2D eigenvalue weighted by atomic mass is 10.2. The number of ether oxygens (including phenoxy) is 2. The number of benzene rings is 2. The van der Waals surface area contributed by atoms with E-state index in [-0.39, 0.29) is 0 Å². The Labute approximate surface area is 145 Å². The summed E-state index contributed by atoms with van der Waals surface area (Å²) >= 11 is 6.30. The third kappa shape index (κ3) is 5.17. The van der Waals surface area contributed by atoms with E-state index in [1.54, 1.807) is 12.1 Å². The first-order valence-electron chi connectivity index (χ1n) is 7.31. The number of primary amides is 1. The molecule has 0 radical (unpaired) electrons. The Hall–Kier alpha value is -2.73. The summed E-state index contributed by atoms with van der Waals surface area (Å²) in [6.45, 7) is 2.69. The molecule has 0 aliphatic carbocycles. The first kappa shape index (κ1) is 17.6. The summed E-state index contributed by atoms with van der Waals surface area (Å²) in [4.78, 5) is 10.6. The molecule has 0 unspecified atom stereocenters. The largest absolute Gasteiger partial charge is 0.490 e. The Bertz CT molecular complexity index is 721. The number of urea groups is 1. The van der Waals surface area contributed by atoms with Gasteiger partial charge in [0.25, 0.3) is 0 Å². The summed E-state index contributed by atoms with van der Waals surface area (Å²) in [6.07, 6.45) is 1.42. The van der Waals surface area contributed by atoms with Crippen molar-refractivity contribution < 1.29 is 14.3 Å². The first-order chi connectivity index (χ1) is 11.6. The fraction of sp³-hybridized carbons (Fsp3) is 0.176. The molecule has 0 bridgehead atoms. The van der Waals surface area contributed by atoms with Crippen LogP contribution in [0.15, 0.2) is 47.6 Å². The summed E-state index contributed by atoms with van der Waals surface area (Å²) < 4.78 is 11.4. The molecule has 0 saturated heterocycles. The molecule has 2 amide bonds. The van der Waals surface area contributed by atoms with Crippen LogP contribution >= 0.6 is 11.6 Å². The molecule has 0 fully saturated rings. The number of rotatable bonds is 7. The molecule has 2 aromatic rings. The van der Waals surface area contributed by atoms with Crippen molar-refractivity contribution in [3.05, 3.63) is 58.6 Å². The summed E-state index contributed by atoms with van der Waals surface area (Å²) in [7, 11) is 0. The van der Waals surface area contributed by atoms with E-state index in [1.165, 1.54) is 6.21 Å². The zero-order chi connectivity index (χ0) is 17.4. The maximum Gasteiger partial charge on any atom is 0.332 e. The van der Waals surface area contributed by atoms with Crippen molar-refractivity contribution in [1.29, 1.82) is 0 Å². The lowest BCUT2D eigenvalue weighted by Gasteiger charge is -2.14. The first-order valence-corrected chi connectivity index (χ1v) is 7.69. The molecule has 3 N–H and O–H groups in total. The van der Waals surface area contributed by atoms with Gasteiger partial charge in [0, 0.05) is 0 Å². The van der Waals surface area contributed by atoms with E-state index in [0.717, 1.165) is 5.56 Å². The lowest BCUT2D eigenvalue weighted by molar-refractivity contribution is 0.249. The Morgan fingerprint density at radius 2 is 2.04 bits per heavy atom. The molecule has 0 spiro atoms. The van der Waals surface area contributed by atoms with Crippen LogP contribution in [0.3, 0.4) is 0 Å². The number of halogens is 1. The van der Waals surface area contributed by atoms with Gasteiger partial charge >= 0.3 is 6.03 Å². The summed E-state index contributed by atoms with van der Waals surface area (Å²) in [5, 5.41) is 4.09. The number of carbonyl (C=O) groups excluding carboxylic acids is 1. The highest BCUT2D eigenvalue weighted by molar-refractivity contribution is 6.32. The van der Waals surface area contributed by atoms with E-state index < -0.39 is 6.03 Å². The van der Waals surface area contributed by atoms with Crippen LogP contribution in [0, 0.1) is 0 Å². The third-order valence-corrected chi connectivity index (χ3v) is 3.23. The number of hydrogen-bond donors (Lipinski definition) is 2. The van der Waals surface area contributed by atoms with Gasteiger partial charge < -0.3 is 15.2 Å². The quantitative estimate of drug-likeness (QED) is 0.595. The van der Waals surface area contributed by atoms with Gasteiger partial charge in [-0.3, -0.25) is 0 Å². The van der Waals surface area contributed by atoms with Gasteiger partial charge in [0.15, 0.2) is 11.5 Å². The Balaban J connectivity index is 2.20. The number of amides is 2. The second kappa shape index (κ2) is 8.79. The standard InChI is InChI=1S/C17H18ClN3O3/c1-2-23-15-9-13(10-20-21-17(19)22)8-14(18)16(15)24-11-12-6-4-3-5-7-12/h3-10H,2,11H2,1H3,(H3,19,21,22)/b20-10+. The minimum Gasteiger partial charge on any atom is -0.490 e. The predicted octanol–water partition coefficient (Wildman–Crippen LogP) is 3.32. The van der Waals surface area contributed by atoms with Crippen LogP contribution in [0.4, 0.5) is 4.79 Å². The number of nitrogens with two attached hydrogens (primary N) is 1. The van der Waals surface area contributed by atoms with Crippen LogP contribution in [-0.4, -0.2) is 18.9 Å². The van der Waals surface area contributed by atoms with E-state index in [2.05, 4.69) is 10.5 Å². The van der Waals surface area contributed by atoms with E-state index in [0.29, 0.717) is 35.3 Å². The molecule has 0 aliphatic heterocycles. The second-order valence-corrected chi connectivity index (χ2v) is 5.18. The monoisotopic (exact) mass is 347 g/mol. The van der Waals surface area contributed by atoms with Crippen molar-refractivity contribution in [2.75, 3.05) is 6.61 Å². The molecular formula is C17H18ClN3O3. The van der Waals surface area contributed by atoms with Crippen molar-refractivity contribution in [3.8, 4) is 11.5 Å². The number of nitrogens with zero attached hydrogens (tertiary/aromatic N) is 1. The maximum atomic E-state index is 10.6. The van der Waals surface area contributed by atoms with Crippen molar-refractivity contribution in [3.63, 3.8) is 0 Å². The summed E-state index contributed by atoms with van der Waals surface area (Å²) in [5.74, 6) is 0.962. The van der Waals surface area contributed by atoms with Crippen molar-refractivity contribution in [2.45, 2.75) is 13.5 Å². The fourth-order valence-electron chi connectivity index (χ4n) is 1.97. The smallest absolute Gasteiger partial charge is 0.332 e. The highest BCUT2D eigenvalue weighted by atomic mass is 35.5. The molecule has 0 aliphatic rings. The van der Waals surface area contributed by atoms with Gasteiger partial charge in [0.1, 0.15) is 6.61 Å². The van der Waals surface area contributed by atoms with E-state index in [1.807, 2.05) is 37.3 Å². The van der Waals surface area contributed by atoms with Crippen LogP contribution in [0.5, 0.6) is 11.5 Å². The molecule has 0 saturated carbocycles. The minimum atomic E-state index is -0.745. The second-order valence-electron chi connectivity index (χ2n) is 4.77. The zero-order valence-corrected chi connectivity index (χ0v) is 13.9. The van der Waals surface area contributed by atoms with Crippen LogP contribution in [0.2, 0.25) is 5.02 Å². The average Bonchev–Trinajstić information content (AvgIpc) is 2.55. The van der Waals surface area contributed by atoms with Gasteiger partial charge in [-0.25, -0.2) is 10.2 Å². The van der Waals surface area contributed by atoms with Gasteiger partial charge in [-0.05, 0) is 30.2 Å². The maximum absolute atomic E-state index is 10.6. The van der Waals surface area contributed by atoms with E-state index >= 15 is 0 Å². The number of nitrogens with one attached hydrogen (secondary N) is 1. The Kier molecular flexibility index (Phi) is 6.45. The van der Waals surface area contributed by atoms with Gasteiger partial charge in [0.2, 0.25) is 0 Å². The number of carbonyl (C=O) groups is 1. The predicted molar refractivity (Wildman–Crippen MR) is 93.7 cm³/mol. The SMILES string of the molecule is CCOc1cc(/C=N/NC(N)=O)cc(Cl)c1OCc1ccccc1. The van der Waals surface area contributed by atoms with Crippen molar-refractivity contribution >= 4 is 23.8 Å². The Morgan fingerprint density at radius 1 is 1.29 bits per heavy atom. The normalized spacial score (nSPS) is 10.6. The van der Waals surface area contributed by atoms with Gasteiger partial charge in [-0.15, -0.1) is 0 Å². The minimum absolute atomic E-state index is 0.372. The molecule has 0 atom stereocenters. The zero-order valence-electron chi connectivity index (χ0n) is 13.2.